The Kier molecular flexibility index (Phi) is 6.25. The molecule has 0 bridgehead atoms. The van der Waals surface area contributed by atoms with E-state index in [0.29, 0.717) is 40.5 Å². The van der Waals surface area contributed by atoms with Crippen molar-refractivity contribution in [2.45, 2.75) is 13.8 Å². The first kappa shape index (κ1) is 19.8. The van der Waals surface area contributed by atoms with Gasteiger partial charge in [0.25, 0.3) is 5.91 Å². The fraction of sp³-hybridized carbons (Fsp3) is 0.263. The van der Waals surface area contributed by atoms with Crippen LogP contribution in [0.2, 0.25) is 0 Å². The van der Waals surface area contributed by atoms with Crippen molar-refractivity contribution in [3.05, 3.63) is 58.3 Å². The second-order valence-corrected chi connectivity index (χ2v) is 6.89. The maximum absolute atomic E-state index is 12.4. The first-order chi connectivity index (χ1) is 13.5. The van der Waals surface area contributed by atoms with Crippen molar-refractivity contribution in [3.8, 4) is 11.6 Å². The Labute approximate surface area is 171 Å². The van der Waals surface area contributed by atoms with Crippen LogP contribution in [0.1, 0.15) is 22.0 Å². The van der Waals surface area contributed by atoms with Crippen molar-refractivity contribution < 1.29 is 9.53 Å². The summed E-state index contributed by atoms with van der Waals surface area (Å²) < 4.78 is 7.78. The van der Waals surface area contributed by atoms with Gasteiger partial charge in [-0.3, -0.25) is 9.36 Å². The summed E-state index contributed by atoms with van der Waals surface area (Å²) in [5.74, 6) is 3.38. The number of hydrogen-bond acceptors (Lipinski definition) is 6. The Bertz CT molecular complexity index is 988. The molecule has 0 atom stereocenters. The predicted molar refractivity (Wildman–Crippen MR) is 110 cm³/mol. The third-order valence-corrected chi connectivity index (χ3v) is 4.72. The Morgan fingerprint density at radius 3 is 2.75 bits per heavy atom. The highest BCUT2D eigenvalue weighted by molar-refractivity contribution is 9.10. The summed E-state index contributed by atoms with van der Waals surface area (Å²) in [6.45, 7) is 4.71. The number of amides is 1. The van der Waals surface area contributed by atoms with Crippen molar-refractivity contribution >= 4 is 27.7 Å². The second kappa shape index (κ2) is 8.83. The van der Waals surface area contributed by atoms with E-state index in [2.05, 4.69) is 41.5 Å². The smallest absolute Gasteiger partial charge is 0.252 e. The lowest BCUT2D eigenvalue weighted by atomic mass is 10.2. The van der Waals surface area contributed by atoms with Crippen LogP contribution in [0.25, 0.3) is 5.82 Å². The van der Waals surface area contributed by atoms with Gasteiger partial charge < -0.3 is 15.4 Å². The number of carbonyl (C=O) groups excluding carboxylic acids is 1. The molecule has 0 aliphatic carbocycles. The van der Waals surface area contributed by atoms with E-state index in [4.69, 9.17) is 4.74 Å². The summed E-state index contributed by atoms with van der Waals surface area (Å²) in [6.07, 6.45) is 3.58. The van der Waals surface area contributed by atoms with Gasteiger partial charge in [-0.1, -0.05) is 0 Å². The molecule has 146 valence electrons. The predicted octanol–water partition coefficient (Wildman–Crippen LogP) is 2.89. The molecule has 2 heterocycles. The number of hydrogen-bond donors (Lipinski definition) is 2. The van der Waals surface area contributed by atoms with Crippen LogP contribution in [0, 0.1) is 13.8 Å². The van der Waals surface area contributed by atoms with Crippen LogP contribution in [0.15, 0.2) is 41.1 Å². The molecule has 2 aromatic heterocycles. The lowest BCUT2D eigenvalue weighted by molar-refractivity contribution is 0.0954. The van der Waals surface area contributed by atoms with Gasteiger partial charge in [0.15, 0.2) is 0 Å². The quantitative estimate of drug-likeness (QED) is 0.544. The number of imidazole rings is 1. The number of nitrogens with one attached hydrogen (secondary N) is 2. The third kappa shape index (κ3) is 4.66. The zero-order chi connectivity index (χ0) is 20.1. The molecule has 0 saturated heterocycles. The molecule has 0 saturated carbocycles. The normalized spacial score (nSPS) is 10.6. The Balaban J connectivity index is 1.59. The van der Waals surface area contributed by atoms with Gasteiger partial charge in [-0.25, -0.2) is 15.0 Å². The van der Waals surface area contributed by atoms with Crippen LogP contribution in [0.3, 0.4) is 0 Å². The highest BCUT2D eigenvalue weighted by atomic mass is 79.9. The van der Waals surface area contributed by atoms with Gasteiger partial charge >= 0.3 is 0 Å². The van der Waals surface area contributed by atoms with Crippen LogP contribution in [0.4, 0.5) is 5.82 Å². The summed E-state index contributed by atoms with van der Waals surface area (Å²) in [7, 11) is 1.57. The maximum Gasteiger partial charge on any atom is 0.252 e. The molecular weight excluding hydrogens is 424 g/mol. The molecule has 8 nitrogen and oxygen atoms in total. The Morgan fingerprint density at radius 2 is 2.04 bits per heavy atom. The average molecular weight is 445 g/mol. The molecule has 0 aliphatic heterocycles. The van der Waals surface area contributed by atoms with Crippen molar-refractivity contribution in [3.63, 3.8) is 0 Å². The van der Waals surface area contributed by atoms with Gasteiger partial charge in [0.1, 0.15) is 29.0 Å². The molecule has 0 spiro atoms. The lowest BCUT2D eigenvalue weighted by Gasteiger charge is -2.11. The summed E-state index contributed by atoms with van der Waals surface area (Å²) in [4.78, 5) is 25.4. The number of benzene rings is 1. The minimum absolute atomic E-state index is 0.179. The number of nitrogens with zero attached hydrogens (tertiary/aromatic N) is 4. The van der Waals surface area contributed by atoms with Crippen LogP contribution < -0.4 is 15.4 Å². The molecule has 0 unspecified atom stereocenters. The Morgan fingerprint density at radius 1 is 1.21 bits per heavy atom. The number of aryl methyl sites for hydroxylation is 2. The van der Waals surface area contributed by atoms with E-state index < -0.39 is 0 Å². The fourth-order valence-electron chi connectivity index (χ4n) is 2.65. The fourth-order valence-corrected chi connectivity index (χ4v) is 3.08. The largest absolute Gasteiger partial charge is 0.497 e. The summed E-state index contributed by atoms with van der Waals surface area (Å²) in [6, 6.07) is 7.12. The van der Waals surface area contributed by atoms with Crippen LogP contribution in [0.5, 0.6) is 5.75 Å². The monoisotopic (exact) mass is 444 g/mol. The second-order valence-electron chi connectivity index (χ2n) is 6.03. The van der Waals surface area contributed by atoms with Crippen LogP contribution >= 0.6 is 15.9 Å². The van der Waals surface area contributed by atoms with Gasteiger partial charge in [-0.05, 0) is 48.0 Å². The number of halogens is 1. The molecule has 3 rings (SSSR count). The van der Waals surface area contributed by atoms with Crippen LogP contribution in [-0.2, 0) is 0 Å². The number of aromatic nitrogens is 4. The van der Waals surface area contributed by atoms with Crippen molar-refractivity contribution in [1.82, 2.24) is 24.8 Å². The number of methoxy groups -OCH3 is 1. The van der Waals surface area contributed by atoms with Gasteiger partial charge in [-0.15, -0.1) is 0 Å². The molecule has 0 fully saturated rings. The first-order valence-electron chi connectivity index (χ1n) is 8.69. The van der Waals surface area contributed by atoms with E-state index in [9.17, 15) is 4.79 Å². The van der Waals surface area contributed by atoms with Crippen molar-refractivity contribution in [1.29, 1.82) is 0 Å². The van der Waals surface area contributed by atoms with Gasteiger partial charge in [0.2, 0.25) is 0 Å². The minimum atomic E-state index is -0.179. The molecule has 28 heavy (non-hydrogen) atoms. The van der Waals surface area contributed by atoms with E-state index >= 15 is 0 Å². The molecule has 0 aliphatic rings. The zero-order valence-electron chi connectivity index (χ0n) is 15.9. The minimum Gasteiger partial charge on any atom is -0.497 e. The topological polar surface area (TPSA) is 94.0 Å². The molecular formula is C19H21BrN6O2. The first-order valence-corrected chi connectivity index (χ1v) is 9.49. The van der Waals surface area contributed by atoms with Crippen molar-refractivity contribution in [2.75, 3.05) is 25.5 Å². The highest BCUT2D eigenvalue weighted by Gasteiger charge is 2.11. The number of rotatable bonds is 7. The molecule has 1 amide bonds. The van der Waals surface area contributed by atoms with Gasteiger partial charge in [0, 0.05) is 36.0 Å². The summed E-state index contributed by atoms with van der Waals surface area (Å²) in [5, 5.41) is 6.10. The van der Waals surface area contributed by atoms with E-state index in [1.54, 1.807) is 31.5 Å². The molecule has 3 aromatic rings. The third-order valence-electron chi connectivity index (χ3n) is 4.03. The molecule has 0 radical (unpaired) electrons. The zero-order valence-corrected chi connectivity index (χ0v) is 17.4. The van der Waals surface area contributed by atoms with E-state index in [1.807, 2.05) is 30.7 Å². The van der Waals surface area contributed by atoms with E-state index in [0.717, 1.165) is 11.6 Å². The summed E-state index contributed by atoms with van der Waals surface area (Å²) >= 11 is 3.39. The lowest BCUT2D eigenvalue weighted by Crippen LogP contribution is -2.29. The highest BCUT2D eigenvalue weighted by Crippen LogP contribution is 2.22. The Hall–Kier alpha value is -2.94. The van der Waals surface area contributed by atoms with Gasteiger partial charge in [-0.2, -0.15) is 0 Å². The average Bonchev–Trinajstić information content (AvgIpc) is 3.11. The van der Waals surface area contributed by atoms with Crippen LogP contribution in [-0.4, -0.2) is 45.6 Å². The SMILES string of the molecule is COc1ccc(Br)c(C(=O)NCCNc2cc(-n3ccnc3C)nc(C)n2)c1. The molecule has 1 aromatic carbocycles. The maximum atomic E-state index is 12.4. The van der Waals surface area contributed by atoms with E-state index in [-0.39, 0.29) is 5.91 Å². The number of carbonyl (C=O) groups is 1. The van der Waals surface area contributed by atoms with E-state index in [1.165, 1.54) is 0 Å². The molecule has 9 heteroatoms. The standard InChI is InChI=1S/C19H21BrN6O2/c1-12-24-17(11-18(25-12)26-9-8-21-13(26)2)22-6-7-23-19(27)15-10-14(28-3)4-5-16(15)20/h4-5,8-11H,6-7H2,1-3H3,(H,23,27)(H,22,24,25). The van der Waals surface area contributed by atoms with Crippen molar-refractivity contribution in [2.24, 2.45) is 0 Å². The molecule has 2 N–H and O–H groups in total. The van der Waals surface area contributed by atoms with Gasteiger partial charge in [0.05, 0.1) is 12.7 Å². The summed E-state index contributed by atoms with van der Waals surface area (Å²) in [5.41, 5.74) is 0.523. The number of anilines is 1. The number of ether oxygens (including phenoxy) is 1.